The molecule has 7 heteroatoms. The van der Waals surface area contributed by atoms with Crippen LogP contribution < -0.4 is 0 Å². The van der Waals surface area contributed by atoms with E-state index in [0.29, 0.717) is 25.1 Å². The number of unbranched alkanes of at least 4 members (excludes halogenated alkanes) is 4. The van der Waals surface area contributed by atoms with Crippen molar-refractivity contribution < 1.29 is 23.7 Å². The topological polar surface area (TPSA) is 87.1 Å². The number of phosphoric ester groups is 1. The van der Waals surface area contributed by atoms with Gasteiger partial charge in [0.1, 0.15) is 0 Å². The third-order valence-electron chi connectivity index (χ3n) is 2.83. The van der Waals surface area contributed by atoms with E-state index in [1.54, 1.807) is 17.9 Å². The first-order chi connectivity index (χ1) is 9.78. The summed E-state index contributed by atoms with van der Waals surface area (Å²) in [5.41, 5.74) is 0.520. The molecule has 0 aliphatic carbocycles. The minimum absolute atomic E-state index is 0.0510. The first-order valence-corrected chi connectivity index (χ1v) is 8.56. The first-order valence-electron chi connectivity index (χ1n) is 7.03. The Morgan fingerprint density at radius 2 is 1.81 bits per heavy atom. The fraction of sp³-hybridized carbons (Fsp3) is 0.643. The average Bonchev–Trinajstić information content (AvgIpc) is 2.38. The fourth-order valence-electron chi connectivity index (χ4n) is 1.82. The maximum Gasteiger partial charge on any atom is 0.469 e. The number of carbonyl (C=O) groups is 1. The molecule has 0 aromatic heterocycles. The van der Waals surface area contributed by atoms with E-state index in [9.17, 15) is 9.36 Å². The molecule has 122 valence electrons. The van der Waals surface area contributed by atoms with Gasteiger partial charge in [-0.05, 0) is 19.8 Å². The molecule has 0 saturated heterocycles. The Hall–Kier alpha value is -0.940. The second-order valence-electron chi connectivity index (χ2n) is 4.91. The van der Waals surface area contributed by atoms with Gasteiger partial charge < -0.3 is 14.7 Å². The van der Waals surface area contributed by atoms with Crippen LogP contribution in [0.1, 0.15) is 39.0 Å². The van der Waals surface area contributed by atoms with Crippen LogP contribution in [0.15, 0.2) is 24.8 Å². The van der Waals surface area contributed by atoms with Crippen molar-refractivity contribution in [3.8, 4) is 0 Å². The van der Waals surface area contributed by atoms with Gasteiger partial charge in [-0.25, -0.2) is 4.57 Å². The highest BCUT2D eigenvalue weighted by Gasteiger charge is 2.13. The summed E-state index contributed by atoms with van der Waals surface area (Å²) < 4.78 is 14.8. The molecule has 0 radical (unpaired) electrons. The van der Waals surface area contributed by atoms with E-state index in [1.807, 2.05) is 0 Å². The minimum atomic E-state index is -4.33. The van der Waals surface area contributed by atoms with Crippen molar-refractivity contribution in [1.29, 1.82) is 0 Å². The van der Waals surface area contributed by atoms with Gasteiger partial charge in [0.25, 0.3) is 0 Å². The molecule has 0 aliphatic heterocycles. The van der Waals surface area contributed by atoms with Crippen LogP contribution >= 0.6 is 7.82 Å². The highest BCUT2D eigenvalue weighted by atomic mass is 31.2. The molecule has 0 atom stereocenters. The SMILES string of the molecule is C=CCN(CCCCCCCOP(=O)(O)O)C(=O)C(=C)C. The molecule has 0 unspecified atom stereocenters. The molecule has 6 nitrogen and oxygen atoms in total. The molecule has 0 fully saturated rings. The number of rotatable bonds is 12. The molecule has 0 bridgehead atoms. The van der Waals surface area contributed by atoms with Crippen LogP contribution in [0.4, 0.5) is 0 Å². The van der Waals surface area contributed by atoms with E-state index in [0.717, 1.165) is 25.7 Å². The van der Waals surface area contributed by atoms with Crippen LogP contribution in [-0.2, 0) is 13.9 Å². The molecule has 0 saturated carbocycles. The molecule has 0 aliphatic rings. The lowest BCUT2D eigenvalue weighted by atomic mass is 10.1. The Bertz CT molecular complexity index is 391. The normalized spacial score (nSPS) is 11.2. The fourth-order valence-corrected chi connectivity index (χ4v) is 2.19. The molecule has 0 spiro atoms. The predicted molar refractivity (Wildman–Crippen MR) is 82.7 cm³/mol. The molecule has 0 aromatic rings. The number of hydrogen-bond acceptors (Lipinski definition) is 3. The van der Waals surface area contributed by atoms with E-state index < -0.39 is 7.82 Å². The van der Waals surface area contributed by atoms with Gasteiger partial charge in [0.2, 0.25) is 5.91 Å². The Morgan fingerprint density at radius 3 is 2.33 bits per heavy atom. The Kier molecular flexibility index (Phi) is 10.3. The summed E-state index contributed by atoms with van der Waals surface area (Å²) in [6.45, 7) is 10.2. The molecule has 0 heterocycles. The van der Waals surface area contributed by atoms with Gasteiger partial charge in [0, 0.05) is 18.7 Å². The van der Waals surface area contributed by atoms with Crippen LogP contribution in [0.25, 0.3) is 0 Å². The zero-order valence-electron chi connectivity index (χ0n) is 12.7. The van der Waals surface area contributed by atoms with Gasteiger partial charge in [0.15, 0.2) is 0 Å². The molecule has 2 N–H and O–H groups in total. The molecule has 1 amide bonds. The van der Waals surface area contributed by atoms with Crippen molar-refractivity contribution >= 4 is 13.7 Å². The second kappa shape index (κ2) is 10.7. The molecular weight excluding hydrogens is 293 g/mol. The summed E-state index contributed by atoms with van der Waals surface area (Å²) in [5, 5.41) is 0. The van der Waals surface area contributed by atoms with E-state index in [1.165, 1.54) is 0 Å². The Morgan fingerprint density at radius 1 is 1.24 bits per heavy atom. The van der Waals surface area contributed by atoms with Crippen molar-refractivity contribution in [2.24, 2.45) is 0 Å². The van der Waals surface area contributed by atoms with Gasteiger partial charge in [-0.15, -0.1) is 6.58 Å². The van der Waals surface area contributed by atoms with E-state index >= 15 is 0 Å². The number of amides is 1. The van der Waals surface area contributed by atoms with Crippen molar-refractivity contribution in [3.63, 3.8) is 0 Å². The quantitative estimate of drug-likeness (QED) is 0.250. The summed E-state index contributed by atoms with van der Waals surface area (Å²) in [5.74, 6) is -0.0510. The van der Waals surface area contributed by atoms with Gasteiger partial charge >= 0.3 is 7.82 Å². The first kappa shape index (κ1) is 20.1. The average molecular weight is 319 g/mol. The molecule has 0 aromatic carbocycles. The number of hydrogen-bond donors (Lipinski definition) is 2. The molecular formula is C14H26NO5P. The van der Waals surface area contributed by atoms with Crippen molar-refractivity contribution in [2.45, 2.75) is 39.0 Å². The Balaban J connectivity index is 3.72. The van der Waals surface area contributed by atoms with Crippen LogP contribution in [0, 0.1) is 0 Å². The summed E-state index contributed by atoms with van der Waals surface area (Å²) in [6, 6.07) is 0. The van der Waals surface area contributed by atoms with Gasteiger partial charge in [-0.3, -0.25) is 9.32 Å². The number of nitrogens with zero attached hydrogens (tertiary/aromatic N) is 1. The van der Waals surface area contributed by atoms with E-state index in [4.69, 9.17) is 9.79 Å². The van der Waals surface area contributed by atoms with E-state index in [-0.39, 0.29) is 12.5 Å². The third-order valence-corrected chi connectivity index (χ3v) is 3.35. The zero-order chi connectivity index (χ0) is 16.3. The summed E-state index contributed by atoms with van der Waals surface area (Å²) in [4.78, 5) is 30.5. The van der Waals surface area contributed by atoms with E-state index in [2.05, 4.69) is 17.7 Å². The van der Waals surface area contributed by atoms with Crippen molar-refractivity contribution in [2.75, 3.05) is 19.7 Å². The largest absolute Gasteiger partial charge is 0.469 e. The van der Waals surface area contributed by atoms with Crippen LogP contribution in [0.2, 0.25) is 0 Å². The predicted octanol–water partition coefficient (Wildman–Crippen LogP) is 2.64. The molecule has 21 heavy (non-hydrogen) atoms. The lowest BCUT2D eigenvalue weighted by molar-refractivity contribution is -0.126. The van der Waals surface area contributed by atoms with Crippen LogP contribution in [0.3, 0.4) is 0 Å². The monoisotopic (exact) mass is 319 g/mol. The summed E-state index contributed by atoms with van der Waals surface area (Å²) in [6.07, 6.45) is 5.93. The lowest BCUT2D eigenvalue weighted by Gasteiger charge is -2.21. The number of carbonyl (C=O) groups excluding carboxylic acids is 1. The highest BCUT2D eigenvalue weighted by Crippen LogP contribution is 2.35. The lowest BCUT2D eigenvalue weighted by Crippen LogP contribution is -2.32. The number of phosphoric acid groups is 1. The van der Waals surface area contributed by atoms with Gasteiger partial charge in [-0.1, -0.05) is 31.9 Å². The smallest absolute Gasteiger partial charge is 0.335 e. The Labute approximate surface area is 126 Å². The standard InChI is InChI=1S/C14H26NO5P/c1-4-10-15(14(16)13(2)3)11-8-6-5-7-9-12-20-21(17,18)19/h4H,1-2,5-12H2,3H3,(H2,17,18,19). The van der Waals surface area contributed by atoms with Gasteiger partial charge in [-0.2, -0.15) is 0 Å². The van der Waals surface area contributed by atoms with Crippen LogP contribution in [0.5, 0.6) is 0 Å². The van der Waals surface area contributed by atoms with Crippen molar-refractivity contribution in [1.82, 2.24) is 4.90 Å². The third kappa shape index (κ3) is 11.4. The highest BCUT2D eigenvalue weighted by molar-refractivity contribution is 7.46. The second-order valence-corrected chi connectivity index (χ2v) is 6.15. The summed E-state index contributed by atoms with van der Waals surface area (Å²) >= 11 is 0. The molecule has 0 rings (SSSR count). The maximum atomic E-state index is 11.8. The minimum Gasteiger partial charge on any atom is -0.335 e. The zero-order valence-corrected chi connectivity index (χ0v) is 13.6. The summed E-state index contributed by atoms with van der Waals surface area (Å²) in [7, 11) is -4.33. The van der Waals surface area contributed by atoms with Gasteiger partial charge in [0.05, 0.1) is 6.61 Å². The van der Waals surface area contributed by atoms with Crippen molar-refractivity contribution in [3.05, 3.63) is 24.8 Å². The van der Waals surface area contributed by atoms with Crippen LogP contribution in [-0.4, -0.2) is 40.3 Å². The maximum absolute atomic E-state index is 11.8.